The van der Waals surface area contributed by atoms with Crippen molar-refractivity contribution < 1.29 is 19.1 Å². The average Bonchev–Trinajstić information content (AvgIpc) is 3.67. The van der Waals surface area contributed by atoms with Crippen LogP contribution >= 0.6 is 11.6 Å². The third-order valence-corrected chi connectivity index (χ3v) is 13.0. The lowest BCUT2D eigenvalue weighted by Crippen LogP contribution is -2.43. The number of nitrogens with one attached hydrogen (secondary N) is 1. The molecule has 1 aromatic heterocycles. The minimum Gasteiger partial charge on any atom is -0.492 e. The van der Waals surface area contributed by atoms with Gasteiger partial charge in [-0.05, 0) is 81.3 Å². The van der Waals surface area contributed by atoms with Crippen molar-refractivity contribution in [3.8, 4) is 23.3 Å². The van der Waals surface area contributed by atoms with Crippen LogP contribution in [0.2, 0.25) is 5.02 Å². The molecule has 8 rings (SSSR count). The Morgan fingerprint density at radius 3 is 2.62 bits per heavy atom. The first kappa shape index (κ1) is 37.0. The van der Waals surface area contributed by atoms with Gasteiger partial charge in [0.05, 0.1) is 40.2 Å². The van der Waals surface area contributed by atoms with Crippen molar-refractivity contribution in [3.63, 3.8) is 0 Å². The van der Waals surface area contributed by atoms with Gasteiger partial charge in [0.25, 0.3) is 5.56 Å². The number of halogens is 1. The Labute approximate surface area is 326 Å². The lowest BCUT2D eigenvalue weighted by Gasteiger charge is -2.37. The zero-order valence-corrected chi connectivity index (χ0v) is 32.2. The molecule has 284 valence electrons. The molecule has 1 unspecified atom stereocenters. The first-order chi connectivity index (χ1) is 26.7. The van der Waals surface area contributed by atoms with E-state index < -0.39 is 0 Å². The van der Waals surface area contributed by atoms with E-state index in [1.165, 1.54) is 17.5 Å². The molecule has 3 aliphatic heterocycles. The molecule has 2 spiro atoms. The summed E-state index contributed by atoms with van der Waals surface area (Å²) in [7, 11) is 0. The predicted octanol–water partition coefficient (Wildman–Crippen LogP) is 6.09. The number of aromatic nitrogens is 2. The highest BCUT2D eigenvalue weighted by molar-refractivity contribution is 6.35. The van der Waals surface area contributed by atoms with E-state index in [1.807, 2.05) is 26.0 Å². The minimum absolute atomic E-state index is 0.0877. The molecule has 4 aromatic rings. The molecule has 11 heteroatoms. The molecule has 55 heavy (non-hydrogen) atoms. The topological polar surface area (TPSA) is 114 Å². The molecule has 2 fully saturated rings. The van der Waals surface area contributed by atoms with E-state index in [0.29, 0.717) is 42.9 Å². The van der Waals surface area contributed by atoms with Crippen molar-refractivity contribution in [1.82, 2.24) is 24.7 Å². The van der Waals surface area contributed by atoms with Gasteiger partial charge in [0.15, 0.2) is 0 Å². The number of aryl methyl sites for hydroxylation is 1. The first-order valence-electron chi connectivity index (χ1n) is 19.5. The van der Waals surface area contributed by atoms with Crippen molar-refractivity contribution in [1.29, 1.82) is 0 Å². The highest BCUT2D eigenvalue weighted by atomic mass is 35.5. The molecule has 0 radical (unpaired) electrons. The number of carbonyl (C=O) groups excluding carboxylic acids is 3. The number of ether oxygens (including phenoxy) is 1. The van der Waals surface area contributed by atoms with Gasteiger partial charge in [0.1, 0.15) is 11.6 Å². The summed E-state index contributed by atoms with van der Waals surface area (Å²) in [5, 5.41) is 3.04. The van der Waals surface area contributed by atoms with E-state index in [1.54, 1.807) is 11.0 Å². The summed E-state index contributed by atoms with van der Waals surface area (Å²) in [6, 6.07) is 16.3. The van der Waals surface area contributed by atoms with Gasteiger partial charge in [0, 0.05) is 54.2 Å². The normalized spacial score (nSPS) is 18.1. The molecule has 3 aromatic carbocycles. The highest BCUT2D eigenvalue weighted by Gasteiger charge is 2.47. The molecule has 1 N–H and O–H groups in total. The van der Waals surface area contributed by atoms with E-state index in [9.17, 15) is 19.2 Å². The van der Waals surface area contributed by atoms with E-state index in [4.69, 9.17) is 21.3 Å². The summed E-state index contributed by atoms with van der Waals surface area (Å²) in [5.41, 5.74) is 6.66. The fraction of sp³-hybridized carbons (Fsp3) is 0.432. The van der Waals surface area contributed by atoms with Crippen LogP contribution in [0.25, 0.3) is 16.6 Å². The number of rotatable bonds is 9. The molecule has 1 aliphatic carbocycles. The third kappa shape index (κ3) is 6.51. The molecule has 0 bridgehead atoms. The zero-order chi connectivity index (χ0) is 38.3. The lowest BCUT2D eigenvalue weighted by atomic mass is 9.70. The number of imide groups is 1. The number of piperidine rings is 1. The molecular weight excluding hydrogens is 714 g/mol. The van der Waals surface area contributed by atoms with E-state index >= 15 is 0 Å². The number of likely N-dealkylation sites (tertiary alicyclic amines) is 1. The number of benzene rings is 3. The summed E-state index contributed by atoms with van der Waals surface area (Å²) >= 11 is 6.56. The van der Waals surface area contributed by atoms with Gasteiger partial charge in [-0.15, -0.1) is 0 Å². The molecular formula is C44H46ClN5O5. The second-order valence-corrected chi connectivity index (χ2v) is 16.2. The minimum atomic E-state index is -0.355. The van der Waals surface area contributed by atoms with Crippen LogP contribution in [-0.2, 0) is 31.8 Å². The summed E-state index contributed by atoms with van der Waals surface area (Å²) in [4.78, 5) is 56.7. The largest absolute Gasteiger partial charge is 0.492 e. The van der Waals surface area contributed by atoms with Crippen molar-refractivity contribution in [2.45, 2.75) is 95.1 Å². The maximum absolute atomic E-state index is 13.3. The second kappa shape index (κ2) is 14.9. The summed E-state index contributed by atoms with van der Waals surface area (Å²) in [5.74, 6) is 8.27. The van der Waals surface area contributed by atoms with Crippen LogP contribution in [0.5, 0.6) is 5.75 Å². The average molecular weight is 760 g/mol. The fourth-order valence-corrected chi connectivity index (χ4v) is 9.73. The number of amides is 3. The Hall–Kier alpha value is -4.98. The van der Waals surface area contributed by atoms with Crippen LogP contribution in [0.4, 0.5) is 0 Å². The van der Waals surface area contributed by atoms with Crippen molar-refractivity contribution in [2.75, 3.05) is 26.2 Å². The number of fused-ring (bicyclic) bond motifs is 9. The van der Waals surface area contributed by atoms with Gasteiger partial charge in [-0.25, -0.2) is 0 Å². The van der Waals surface area contributed by atoms with Gasteiger partial charge in [0.2, 0.25) is 18.7 Å². The molecule has 1 saturated carbocycles. The third-order valence-electron chi connectivity index (χ3n) is 12.7. The van der Waals surface area contributed by atoms with E-state index in [2.05, 4.69) is 57.0 Å². The Bertz CT molecular complexity index is 2310. The van der Waals surface area contributed by atoms with Crippen LogP contribution in [0, 0.1) is 18.8 Å². The van der Waals surface area contributed by atoms with E-state index in [-0.39, 0.29) is 34.8 Å². The Morgan fingerprint density at radius 2 is 1.85 bits per heavy atom. The number of nitrogens with zero attached hydrogens (tertiary/aromatic N) is 4. The lowest BCUT2D eigenvalue weighted by molar-refractivity contribution is -0.126. The Kier molecular flexibility index (Phi) is 10.0. The van der Waals surface area contributed by atoms with Crippen molar-refractivity contribution >= 4 is 41.2 Å². The van der Waals surface area contributed by atoms with E-state index in [0.717, 1.165) is 97.5 Å². The zero-order valence-electron chi connectivity index (χ0n) is 31.5. The van der Waals surface area contributed by atoms with Gasteiger partial charge >= 0.3 is 0 Å². The molecule has 4 heterocycles. The van der Waals surface area contributed by atoms with Crippen LogP contribution in [-0.4, -0.2) is 70.4 Å². The van der Waals surface area contributed by atoms with Crippen molar-refractivity contribution in [3.05, 3.63) is 97.5 Å². The second-order valence-electron chi connectivity index (χ2n) is 15.8. The molecule has 3 amide bonds. The molecule has 1 atom stereocenters. The summed E-state index contributed by atoms with van der Waals surface area (Å²) in [6.45, 7) is 7.40. The standard InChI is InChI=1S/C44H46ClN5O5/c1-29-11-14-34-40(32(29)25-49(28-52)30(2)12-16-38(53)46-27-51)55-26-43(34)19-22-48(23-20-43)21-7-8-31-13-15-33-37(24-31)50-36-10-6-9-35(45)39(36)41(54)47-42(50)44(33)17-4-3-5-18-44/h6,9-11,13-15,24,27-28,30H,3-5,12,16-23,25-26H2,1-2H3,(H,46,51,53). The monoisotopic (exact) mass is 759 g/mol. The van der Waals surface area contributed by atoms with Gasteiger partial charge in [-0.1, -0.05) is 67.0 Å². The smallest absolute Gasteiger partial charge is 0.282 e. The van der Waals surface area contributed by atoms with Crippen LogP contribution < -0.4 is 15.6 Å². The van der Waals surface area contributed by atoms with Gasteiger partial charge in [-0.3, -0.25) is 34.0 Å². The highest BCUT2D eigenvalue weighted by Crippen LogP contribution is 2.52. The predicted molar refractivity (Wildman–Crippen MR) is 212 cm³/mol. The van der Waals surface area contributed by atoms with Crippen LogP contribution in [0.3, 0.4) is 0 Å². The first-order valence-corrected chi connectivity index (χ1v) is 19.8. The maximum atomic E-state index is 13.3. The van der Waals surface area contributed by atoms with Gasteiger partial charge in [-0.2, -0.15) is 4.98 Å². The summed E-state index contributed by atoms with van der Waals surface area (Å²) < 4.78 is 8.62. The number of hydrogen-bond acceptors (Lipinski definition) is 7. The summed E-state index contributed by atoms with van der Waals surface area (Å²) in [6.07, 6.45) is 9.05. The quantitative estimate of drug-likeness (QED) is 0.162. The molecule has 10 nitrogen and oxygen atoms in total. The van der Waals surface area contributed by atoms with Crippen molar-refractivity contribution in [2.24, 2.45) is 0 Å². The Balaban J connectivity index is 0.973. The maximum Gasteiger partial charge on any atom is 0.282 e. The molecule has 1 saturated heterocycles. The van der Waals surface area contributed by atoms with Crippen LogP contribution in [0.15, 0.2) is 53.3 Å². The number of carbonyl (C=O) groups is 3. The van der Waals surface area contributed by atoms with Gasteiger partial charge < -0.3 is 9.64 Å². The number of hydrogen-bond donors (Lipinski definition) is 1. The molecule has 4 aliphatic rings. The van der Waals surface area contributed by atoms with Crippen LogP contribution in [0.1, 0.15) is 98.4 Å². The Morgan fingerprint density at radius 1 is 1.07 bits per heavy atom. The SMILES string of the molecule is Cc1ccc2c(c1CN(C=O)C(C)CCC(=O)NC=O)OCC21CCN(CC#Cc2ccc3c(c2)-n2c(nc(=O)c4c(Cl)cccc42)C32CCCCC2)CC1. The fourth-order valence-electron chi connectivity index (χ4n) is 9.48.